The lowest BCUT2D eigenvalue weighted by Crippen LogP contribution is -2.40. The van der Waals surface area contributed by atoms with Gasteiger partial charge in [-0.15, -0.1) is 0 Å². The molecule has 11 heteroatoms. The number of phenolic OH excluding ortho intramolecular Hbond substituents is 1. The number of benzene rings is 4. The van der Waals surface area contributed by atoms with Crippen molar-refractivity contribution in [1.82, 2.24) is 9.88 Å². The largest absolute Gasteiger partial charge is 0.508 e. The Kier molecular flexibility index (Phi) is 15.5. The number of methoxy groups -OCH3 is 1. The fourth-order valence-corrected chi connectivity index (χ4v) is 8.11. The number of hydrogen-bond donors (Lipinski definition) is 4. The van der Waals surface area contributed by atoms with E-state index in [0.29, 0.717) is 43.0 Å². The number of aromatic hydroxyl groups is 1. The molecule has 1 heterocycles. The molecular formula is C49H64N4O6Si. The molecule has 0 spiro atoms. The molecule has 0 aliphatic rings. The van der Waals surface area contributed by atoms with E-state index in [9.17, 15) is 19.8 Å². The van der Waals surface area contributed by atoms with Crippen LogP contribution in [0.3, 0.4) is 0 Å². The summed E-state index contributed by atoms with van der Waals surface area (Å²) in [4.78, 5) is 32.4. The number of anilines is 2. The Morgan fingerprint density at radius 1 is 0.917 bits per heavy atom. The minimum atomic E-state index is -1.97. The third kappa shape index (κ3) is 12.0. The van der Waals surface area contributed by atoms with E-state index in [1.54, 1.807) is 24.1 Å². The first-order chi connectivity index (χ1) is 28.5. The van der Waals surface area contributed by atoms with Gasteiger partial charge in [-0.25, -0.2) is 0 Å². The van der Waals surface area contributed by atoms with E-state index in [2.05, 4.69) is 50.2 Å². The number of primary amides is 1. The molecule has 60 heavy (non-hydrogen) atoms. The normalized spacial score (nSPS) is 12.3. The second-order valence-electron chi connectivity index (χ2n) is 17.5. The third-order valence-corrected chi connectivity index (χ3v) is 16.3. The van der Waals surface area contributed by atoms with Gasteiger partial charge in [0.25, 0.3) is 11.8 Å². The van der Waals surface area contributed by atoms with Crippen LogP contribution < -0.4 is 15.8 Å². The average molecular weight is 833 g/mol. The van der Waals surface area contributed by atoms with Gasteiger partial charge in [-0.1, -0.05) is 83.2 Å². The number of hydrogen-bond acceptors (Lipinski definition) is 8. The highest BCUT2D eigenvalue weighted by Crippen LogP contribution is 2.38. The summed E-state index contributed by atoms with van der Waals surface area (Å²) in [5, 5.41) is 25.6. The fraction of sp³-hybridized carbons (Fsp3) is 0.408. The molecule has 0 bridgehead atoms. The lowest BCUT2D eigenvalue weighted by atomic mass is 9.97. The standard InChI is InChI=1S/C49H64N4O6Si/c1-33-25-35(28-41-45(33)51-31-42(47(50)56)46(41)52-39-19-16-20-40(30-39)58-6)26-34-17-15-18-37(27-34)48(57)53(5)24-14-12-10-9-11-13-21-43(54)36-22-23-44(55)38(29-36)32-59-60(7,8)49(2,3)4/h15-20,22-23,25,27-31,43,54-55H,9-14,21,24,26,32H2,1-8H3,(H2,50,56)(H,51,52)/t43-/m0/s1. The van der Waals surface area contributed by atoms with Crippen molar-refractivity contribution in [2.45, 2.75) is 110 Å². The van der Waals surface area contributed by atoms with Crippen LogP contribution in [-0.4, -0.2) is 60.9 Å². The highest BCUT2D eigenvalue weighted by atomic mass is 28.4. The predicted molar refractivity (Wildman–Crippen MR) is 245 cm³/mol. The van der Waals surface area contributed by atoms with Gasteiger partial charge >= 0.3 is 0 Å². The van der Waals surface area contributed by atoms with Crippen molar-refractivity contribution in [3.8, 4) is 11.5 Å². The molecular weight excluding hydrogens is 769 g/mol. The number of ether oxygens (including phenoxy) is 1. The number of nitrogens with one attached hydrogen (secondary N) is 1. The van der Waals surface area contributed by atoms with Crippen molar-refractivity contribution in [3.05, 3.63) is 124 Å². The van der Waals surface area contributed by atoms with E-state index in [1.165, 1.54) is 6.20 Å². The number of phenols is 1. The molecule has 0 aliphatic carbocycles. The lowest BCUT2D eigenvalue weighted by molar-refractivity contribution is 0.0792. The number of unbranched alkanes of at least 4 members (excludes halogenated alkanes) is 5. The van der Waals surface area contributed by atoms with Gasteiger partial charge in [-0.3, -0.25) is 14.6 Å². The molecule has 4 aromatic carbocycles. The molecule has 2 amide bonds. The summed E-state index contributed by atoms with van der Waals surface area (Å²) in [7, 11) is 1.50. The van der Waals surface area contributed by atoms with Crippen LogP contribution in [0, 0.1) is 6.92 Å². The first-order valence-corrected chi connectivity index (χ1v) is 24.0. The van der Waals surface area contributed by atoms with E-state index >= 15 is 0 Å². The minimum absolute atomic E-state index is 0.00968. The van der Waals surface area contributed by atoms with Gasteiger partial charge in [0.2, 0.25) is 0 Å². The molecule has 1 atom stereocenters. The highest BCUT2D eigenvalue weighted by molar-refractivity contribution is 6.74. The molecule has 5 rings (SSSR count). The smallest absolute Gasteiger partial charge is 0.253 e. The van der Waals surface area contributed by atoms with Crippen LogP contribution in [-0.2, 0) is 17.5 Å². The number of nitrogens with two attached hydrogens (primary N) is 1. The maximum Gasteiger partial charge on any atom is 0.253 e. The van der Waals surface area contributed by atoms with Gasteiger partial charge in [0.1, 0.15) is 11.5 Å². The van der Waals surface area contributed by atoms with Crippen LogP contribution in [0.1, 0.15) is 120 Å². The Hall–Kier alpha value is -5.23. The van der Waals surface area contributed by atoms with Gasteiger partial charge in [0.15, 0.2) is 8.32 Å². The van der Waals surface area contributed by atoms with Crippen molar-refractivity contribution in [2.24, 2.45) is 5.73 Å². The number of fused-ring (bicyclic) bond motifs is 1. The predicted octanol–water partition coefficient (Wildman–Crippen LogP) is 10.7. The van der Waals surface area contributed by atoms with Crippen LogP contribution in [0.4, 0.5) is 11.4 Å². The van der Waals surface area contributed by atoms with E-state index in [4.69, 9.17) is 14.9 Å². The molecule has 0 aliphatic heterocycles. The van der Waals surface area contributed by atoms with Crippen molar-refractivity contribution in [3.63, 3.8) is 0 Å². The molecule has 0 unspecified atom stereocenters. The first kappa shape index (κ1) is 45.8. The Bertz CT molecular complexity index is 2270. The quantitative estimate of drug-likeness (QED) is 0.0448. The van der Waals surface area contributed by atoms with Crippen LogP contribution in [0.15, 0.2) is 85.1 Å². The van der Waals surface area contributed by atoms with Crippen LogP contribution in [0.2, 0.25) is 18.1 Å². The molecule has 320 valence electrons. The zero-order chi connectivity index (χ0) is 43.6. The van der Waals surface area contributed by atoms with Crippen molar-refractivity contribution < 1.29 is 29.0 Å². The number of aromatic nitrogens is 1. The summed E-state index contributed by atoms with van der Waals surface area (Å²) >= 11 is 0. The number of nitrogens with zero attached hydrogens (tertiary/aromatic N) is 2. The molecule has 0 radical (unpaired) electrons. The van der Waals surface area contributed by atoms with E-state index in [1.807, 2.05) is 74.6 Å². The number of rotatable bonds is 20. The summed E-state index contributed by atoms with van der Waals surface area (Å²) in [5.74, 6) is 0.295. The molecule has 1 aromatic heterocycles. The molecule has 0 fully saturated rings. The zero-order valence-electron chi connectivity index (χ0n) is 36.7. The number of carbonyl (C=O) groups excluding carboxylic acids is 2. The van der Waals surface area contributed by atoms with Gasteiger partial charge < -0.3 is 35.3 Å². The molecule has 0 saturated carbocycles. The zero-order valence-corrected chi connectivity index (χ0v) is 37.7. The highest BCUT2D eigenvalue weighted by Gasteiger charge is 2.37. The summed E-state index contributed by atoms with van der Waals surface area (Å²) in [6, 6.07) is 24.7. The summed E-state index contributed by atoms with van der Waals surface area (Å²) in [5.41, 5.74) is 13.4. The van der Waals surface area contributed by atoms with Crippen molar-refractivity contribution in [2.75, 3.05) is 26.0 Å². The third-order valence-electron chi connectivity index (χ3n) is 11.9. The second kappa shape index (κ2) is 20.4. The maximum atomic E-state index is 13.5. The Balaban J connectivity index is 1.10. The Labute approximate surface area is 357 Å². The fourth-order valence-electron chi connectivity index (χ4n) is 7.16. The van der Waals surface area contributed by atoms with Crippen LogP contribution in [0.25, 0.3) is 10.9 Å². The molecule has 10 nitrogen and oxygen atoms in total. The Morgan fingerprint density at radius 3 is 2.35 bits per heavy atom. The minimum Gasteiger partial charge on any atom is -0.508 e. The van der Waals surface area contributed by atoms with E-state index in [0.717, 1.165) is 82.9 Å². The van der Waals surface area contributed by atoms with Gasteiger partial charge in [-0.2, -0.15) is 0 Å². The molecule has 5 aromatic rings. The number of amides is 2. The molecule has 0 saturated heterocycles. The second-order valence-corrected chi connectivity index (χ2v) is 22.4. The van der Waals surface area contributed by atoms with Gasteiger partial charge in [-0.05, 0) is 109 Å². The topological polar surface area (TPSA) is 147 Å². The first-order valence-electron chi connectivity index (χ1n) is 21.1. The number of aliphatic hydroxyl groups excluding tert-OH is 1. The van der Waals surface area contributed by atoms with E-state index in [-0.39, 0.29) is 22.3 Å². The van der Waals surface area contributed by atoms with E-state index < -0.39 is 20.3 Å². The monoisotopic (exact) mass is 832 g/mol. The van der Waals surface area contributed by atoms with Crippen LogP contribution >= 0.6 is 0 Å². The number of carbonyl (C=O) groups is 2. The van der Waals surface area contributed by atoms with Crippen molar-refractivity contribution in [1.29, 1.82) is 0 Å². The summed E-state index contributed by atoms with van der Waals surface area (Å²) < 4.78 is 11.7. The maximum absolute atomic E-state index is 13.5. The number of pyridine rings is 1. The SMILES string of the molecule is COc1cccc(Nc2c(C(N)=O)cnc3c(C)cc(Cc4cccc(C(=O)N(C)CCCCCCCC[C@H](O)c5ccc(O)c(CO[Si](C)(C)C(C)(C)C)c5)c4)cc23)c1. The lowest BCUT2D eigenvalue weighted by Gasteiger charge is -2.36. The summed E-state index contributed by atoms with van der Waals surface area (Å²) in [6.07, 6.45) is 8.21. The Morgan fingerprint density at radius 2 is 1.63 bits per heavy atom. The summed E-state index contributed by atoms with van der Waals surface area (Å²) in [6.45, 7) is 14.0. The van der Waals surface area contributed by atoms with Crippen molar-refractivity contribution >= 4 is 42.4 Å². The van der Waals surface area contributed by atoms with Gasteiger partial charge in [0, 0.05) is 48.1 Å². The van der Waals surface area contributed by atoms with Crippen LogP contribution in [0.5, 0.6) is 11.5 Å². The number of aliphatic hydroxyl groups is 1. The molecule has 5 N–H and O–H groups in total. The van der Waals surface area contributed by atoms with Gasteiger partial charge in [0.05, 0.1) is 36.6 Å². The number of aryl methyl sites for hydroxylation is 1. The average Bonchev–Trinajstić information content (AvgIpc) is 3.21.